The van der Waals surface area contributed by atoms with Crippen molar-refractivity contribution in [2.24, 2.45) is 0 Å². The van der Waals surface area contributed by atoms with Gasteiger partial charge in [0.2, 0.25) is 0 Å². The van der Waals surface area contributed by atoms with Crippen LogP contribution < -0.4 is 5.46 Å². The van der Waals surface area contributed by atoms with E-state index in [1.165, 1.54) is 0 Å². The van der Waals surface area contributed by atoms with Crippen LogP contribution in [0, 0.1) is 12.3 Å². The smallest absolute Gasteiger partial charge is 0.399 e. The summed E-state index contributed by atoms with van der Waals surface area (Å²) in [5, 5.41) is 0. The van der Waals surface area contributed by atoms with E-state index >= 15 is 0 Å². The lowest BCUT2D eigenvalue weighted by atomic mass is 9.80. The Kier molecular flexibility index (Phi) is 2.77. The molecule has 1 fully saturated rings. The van der Waals surface area contributed by atoms with Crippen molar-refractivity contribution >= 4 is 12.6 Å². The van der Waals surface area contributed by atoms with Crippen LogP contribution >= 0.6 is 0 Å². The van der Waals surface area contributed by atoms with Crippen molar-refractivity contribution in [3.63, 3.8) is 0 Å². The number of hydrogen-bond donors (Lipinski definition) is 0. The van der Waals surface area contributed by atoms with Crippen LogP contribution in [0.1, 0.15) is 33.3 Å². The average Bonchev–Trinajstić information content (AvgIpc) is 2.48. The molecule has 2 heterocycles. The summed E-state index contributed by atoms with van der Waals surface area (Å²) in [7, 11) is -0.402. The summed E-state index contributed by atoms with van der Waals surface area (Å²) in [5.41, 5.74) is 0.907. The SMILES string of the molecule is C#Cc1cncc(B2OC(C)(C)C(C)(C)O2)c1. The molecule has 0 aliphatic carbocycles. The van der Waals surface area contributed by atoms with Gasteiger partial charge >= 0.3 is 7.12 Å². The molecule has 1 aliphatic heterocycles. The highest BCUT2D eigenvalue weighted by Crippen LogP contribution is 2.36. The fourth-order valence-electron chi connectivity index (χ4n) is 1.64. The van der Waals surface area contributed by atoms with E-state index in [0.717, 1.165) is 11.0 Å². The second-order valence-electron chi connectivity index (χ2n) is 5.24. The van der Waals surface area contributed by atoms with E-state index in [1.54, 1.807) is 12.4 Å². The first-order valence-electron chi connectivity index (χ1n) is 5.63. The molecular weight excluding hydrogens is 213 g/mol. The summed E-state index contributed by atoms with van der Waals surface area (Å²) in [6.45, 7) is 8.08. The molecule has 0 spiro atoms. The fraction of sp³-hybridized carbons (Fsp3) is 0.462. The van der Waals surface area contributed by atoms with Gasteiger partial charge in [-0.25, -0.2) is 0 Å². The summed E-state index contributed by atoms with van der Waals surface area (Å²) in [6.07, 6.45) is 8.73. The molecule has 1 aliphatic rings. The van der Waals surface area contributed by atoms with Crippen molar-refractivity contribution < 1.29 is 9.31 Å². The van der Waals surface area contributed by atoms with Crippen molar-refractivity contribution in [1.29, 1.82) is 0 Å². The lowest BCUT2D eigenvalue weighted by molar-refractivity contribution is 0.00578. The lowest BCUT2D eigenvalue weighted by Gasteiger charge is -2.32. The molecule has 0 amide bonds. The lowest BCUT2D eigenvalue weighted by Crippen LogP contribution is -2.41. The molecule has 3 nitrogen and oxygen atoms in total. The molecular formula is C13H16BNO2. The topological polar surface area (TPSA) is 31.4 Å². The minimum absolute atomic E-state index is 0.343. The van der Waals surface area contributed by atoms with Gasteiger partial charge in [0.1, 0.15) is 0 Å². The third-order valence-corrected chi connectivity index (χ3v) is 3.45. The van der Waals surface area contributed by atoms with Gasteiger partial charge < -0.3 is 9.31 Å². The Bertz CT molecular complexity index is 461. The number of aromatic nitrogens is 1. The first-order chi connectivity index (χ1) is 7.86. The molecule has 0 atom stereocenters. The summed E-state index contributed by atoms with van der Waals surface area (Å²) in [5.74, 6) is 2.56. The Morgan fingerprint density at radius 2 is 1.76 bits per heavy atom. The van der Waals surface area contributed by atoms with Gasteiger partial charge in [0.05, 0.1) is 11.2 Å². The van der Waals surface area contributed by atoms with Crippen LogP contribution in [0.15, 0.2) is 18.5 Å². The highest BCUT2D eigenvalue weighted by Gasteiger charge is 2.51. The number of hydrogen-bond acceptors (Lipinski definition) is 3. The first-order valence-corrected chi connectivity index (χ1v) is 5.63. The van der Waals surface area contributed by atoms with Gasteiger partial charge in [0.25, 0.3) is 0 Å². The van der Waals surface area contributed by atoms with Crippen LogP contribution in [0.5, 0.6) is 0 Å². The Morgan fingerprint density at radius 1 is 1.18 bits per heavy atom. The van der Waals surface area contributed by atoms with Gasteiger partial charge in [-0.05, 0) is 33.8 Å². The third kappa shape index (κ3) is 2.09. The maximum Gasteiger partial charge on any atom is 0.496 e. The van der Waals surface area contributed by atoms with E-state index in [4.69, 9.17) is 15.7 Å². The van der Waals surface area contributed by atoms with Crippen LogP contribution in [-0.4, -0.2) is 23.3 Å². The second-order valence-corrected chi connectivity index (χ2v) is 5.24. The summed E-state index contributed by atoms with van der Waals surface area (Å²) in [4.78, 5) is 4.09. The van der Waals surface area contributed by atoms with E-state index in [0.29, 0.717) is 0 Å². The molecule has 0 N–H and O–H groups in total. The molecule has 0 aromatic carbocycles. The predicted octanol–water partition coefficient (Wildman–Crippen LogP) is 1.36. The van der Waals surface area contributed by atoms with Crippen molar-refractivity contribution in [2.75, 3.05) is 0 Å². The quantitative estimate of drug-likeness (QED) is 0.538. The largest absolute Gasteiger partial charge is 0.496 e. The molecule has 2 rings (SSSR count). The van der Waals surface area contributed by atoms with E-state index in [9.17, 15) is 0 Å². The van der Waals surface area contributed by atoms with Crippen LogP contribution in [-0.2, 0) is 9.31 Å². The minimum atomic E-state index is -0.402. The van der Waals surface area contributed by atoms with E-state index < -0.39 is 7.12 Å². The third-order valence-electron chi connectivity index (χ3n) is 3.45. The predicted molar refractivity (Wildman–Crippen MR) is 67.9 cm³/mol. The molecule has 0 bridgehead atoms. The van der Waals surface area contributed by atoms with Gasteiger partial charge in [-0.2, -0.15) is 0 Å². The van der Waals surface area contributed by atoms with Gasteiger partial charge in [-0.1, -0.05) is 5.92 Å². The molecule has 88 valence electrons. The molecule has 0 unspecified atom stereocenters. The molecule has 0 radical (unpaired) electrons. The summed E-state index contributed by atoms with van der Waals surface area (Å²) < 4.78 is 11.8. The van der Waals surface area contributed by atoms with Crippen LogP contribution in [0.25, 0.3) is 0 Å². The number of rotatable bonds is 1. The molecule has 1 aromatic heterocycles. The van der Waals surface area contributed by atoms with Crippen LogP contribution in [0.4, 0.5) is 0 Å². The van der Waals surface area contributed by atoms with E-state index in [2.05, 4.69) is 10.9 Å². The van der Waals surface area contributed by atoms with Gasteiger partial charge in [0.15, 0.2) is 0 Å². The standard InChI is InChI=1S/C13H16BNO2/c1-6-10-7-11(9-15-8-10)14-16-12(2,3)13(4,5)17-14/h1,7-9H,2-5H3. The number of nitrogens with zero attached hydrogens (tertiary/aromatic N) is 1. The zero-order chi connectivity index (χ0) is 12.7. The molecule has 4 heteroatoms. The zero-order valence-corrected chi connectivity index (χ0v) is 10.7. The first kappa shape index (κ1) is 12.2. The van der Waals surface area contributed by atoms with Crippen molar-refractivity contribution in [1.82, 2.24) is 4.98 Å². The normalized spacial score (nSPS) is 21.2. The molecule has 1 saturated heterocycles. The Hall–Kier alpha value is -1.31. The highest BCUT2D eigenvalue weighted by molar-refractivity contribution is 6.62. The number of terminal acetylenes is 1. The van der Waals surface area contributed by atoms with E-state index in [-0.39, 0.29) is 11.2 Å². The van der Waals surface area contributed by atoms with Crippen molar-refractivity contribution in [3.05, 3.63) is 24.0 Å². The van der Waals surface area contributed by atoms with Crippen molar-refractivity contribution in [2.45, 2.75) is 38.9 Å². The zero-order valence-electron chi connectivity index (χ0n) is 10.7. The van der Waals surface area contributed by atoms with Crippen LogP contribution in [0.3, 0.4) is 0 Å². The second kappa shape index (κ2) is 3.87. The van der Waals surface area contributed by atoms with E-state index in [1.807, 2.05) is 33.8 Å². The highest BCUT2D eigenvalue weighted by atomic mass is 16.7. The Balaban J connectivity index is 2.29. The maximum absolute atomic E-state index is 5.92. The van der Waals surface area contributed by atoms with Gasteiger partial charge in [0, 0.05) is 23.4 Å². The summed E-state index contributed by atoms with van der Waals surface area (Å²) in [6, 6.07) is 1.87. The van der Waals surface area contributed by atoms with Crippen molar-refractivity contribution in [3.8, 4) is 12.3 Å². The maximum atomic E-state index is 5.92. The van der Waals surface area contributed by atoms with Gasteiger partial charge in [-0.15, -0.1) is 6.42 Å². The molecule has 0 saturated carbocycles. The number of pyridine rings is 1. The molecule has 17 heavy (non-hydrogen) atoms. The fourth-order valence-corrected chi connectivity index (χ4v) is 1.64. The Morgan fingerprint density at radius 3 is 2.29 bits per heavy atom. The molecule has 1 aromatic rings. The Labute approximate surface area is 103 Å². The summed E-state index contributed by atoms with van der Waals surface area (Å²) >= 11 is 0. The van der Waals surface area contributed by atoms with Gasteiger partial charge in [-0.3, -0.25) is 4.98 Å². The van der Waals surface area contributed by atoms with Crippen LogP contribution in [0.2, 0.25) is 0 Å². The monoisotopic (exact) mass is 229 g/mol. The minimum Gasteiger partial charge on any atom is -0.399 e. The average molecular weight is 229 g/mol.